The van der Waals surface area contributed by atoms with Gasteiger partial charge in [-0.3, -0.25) is 0 Å². The molecule has 0 aromatic heterocycles. The molecule has 0 atom stereocenters. The Labute approximate surface area is 134 Å². The molecule has 0 saturated heterocycles. The lowest BCUT2D eigenvalue weighted by Crippen LogP contribution is -2.11. The van der Waals surface area contributed by atoms with Crippen LogP contribution in [0, 0.1) is 11.8 Å². The van der Waals surface area contributed by atoms with Gasteiger partial charge in [0.05, 0.1) is 0 Å². The Kier molecular flexibility index (Phi) is 5.11. The van der Waals surface area contributed by atoms with Crippen molar-refractivity contribution in [2.75, 3.05) is 0 Å². The summed E-state index contributed by atoms with van der Waals surface area (Å²) in [6, 6.07) is 19.4. The Morgan fingerprint density at radius 3 is 2.27 bits per heavy atom. The van der Waals surface area contributed by atoms with E-state index in [1.165, 1.54) is 48.8 Å². The van der Waals surface area contributed by atoms with Crippen LogP contribution in [0.2, 0.25) is 0 Å². The molecule has 2 aromatic rings. The van der Waals surface area contributed by atoms with Crippen molar-refractivity contribution in [3.63, 3.8) is 0 Å². The lowest BCUT2D eigenvalue weighted by atomic mass is 9.80. The molecule has 0 bridgehead atoms. The molecule has 3 rings (SSSR count). The van der Waals surface area contributed by atoms with Gasteiger partial charge in [0.25, 0.3) is 0 Å². The highest BCUT2D eigenvalue weighted by Crippen LogP contribution is 2.32. The Morgan fingerprint density at radius 1 is 0.864 bits per heavy atom. The number of rotatable bonds is 4. The maximum Gasteiger partial charge on any atom is -0.0112 e. The van der Waals surface area contributed by atoms with Crippen molar-refractivity contribution in [2.45, 2.75) is 39.0 Å². The monoisotopic (exact) mass is 290 g/mol. The fourth-order valence-electron chi connectivity index (χ4n) is 3.55. The highest BCUT2D eigenvalue weighted by Gasteiger charge is 2.17. The van der Waals surface area contributed by atoms with Gasteiger partial charge >= 0.3 is 0 Å². The quantitative estimate of drug-likeness (QED) is 0.596. The average molecular weight is 290 g/mol. The van der Waals surface area contributed by atoms with E-state index in [1.807, 2.05) is 0 Å². The van der Waals surface area contributed by atoms with Crippen molar-refractivity contribution < 1.29 is 0 Å². The second-order valence-corrected chi connectivity index (χ2v) is 6.50. The molecule has 22 heavy (non-hydrogen) atoms. The van der Waals surface area contributed by atoms with Crippen molar-refractivity contribution in [3.05, 3.63) is 66.2 Å². The summed E-state index contributed by atoms with van der Waals surface area (Å²) in [6.45, 7) is 2.33. The smallest absolute Gasteiger partial charge is 0.0112 e. The van der Waals surface area contributed by atoms with Gasteiger partial charge in [-0.05, 0) is 54.2 Å². The van der Waals surface area contributed by atoms with E-state index < -0.39 is 0 Å². The summed E-state index contributed by atoms with van der Waals surface area (Å²) in [6.07, 6.45) is 11.7. The number of allylic oxidation sites excluding steroid dienone is 1. The van der Waals surface area contributed by atoms with Crippen LogP contribution in [0.3, 0.4) is 0 Å². The lowest BCUT2D eigenvalue weighted by Gasteiger charge is -2.25. The molecule has 1 aliphatic rings. The molecule has 0 radical (unpaired) electrons. The van der Waals surface area contributed by atoms with Crippen molar-refractivity contribution in [3.8, 4) is 11.1 Å². The summed E-state index contributed by atoms with van der Waals surface area (Å²) >= 11 is 0. The fraction of sp³-hybridized carbons (Fsp3) is 0.364. The molecule has 1 aliphatic carbocycles. The molecule has 0 heterocycles. The van der Waals surface area contributed by atoms with Gasteiger partial charge in [0.15, 0.2) is 0 Å². The third-order valence-electron chi connectivity index (χ3n) is 5.06. The van der Waals surface area contributed by atoms with E-state index >= 15 is 0 Å². The average Bonchev–Trinajstić information content (AvgIpc) is 2.61. The zero-order valence-electron chi connectivity index (χ0n) is 13.5. The summed E-state index contributed by atoms with van der Waals surface area (Å²) in [5.74, 6) is 1.74. The van der Waals surface area contributed by atoms with Gasteiger partial charge in [0, 0.05) is 0 Å². The van der Waals surface area contributed by atoms with E-state index in [0.717, 1.165) is 11.8 Å². The van der Waals surface area contributed by atoms with E-state index in [1.54, 1.807) is 0 Å². The maximum atomic E-state index is 2.45. The Morgan fingerprint density at radius 2 is 1.55 bits per heavy atom. The van der Waals surface area contributed by atoms with Crippen LogP contribution in [0.4, 0.5) is 0 Å². The molecule has 2 aromatic carbocycles. The summed E-state index contributed by atoms with van der Waals surface area (Å²) in [7, 11) is 0. The van der Waals surface area contributed by atoms with Crippen molar-refractivity contribution in [2.24, 2.45) is 11.8 Å². The topological polar surface area (TPSA) is 0 Å². The zero-order valence-corrected chi connectivity index (χ0v) is 13.5. The van der Waals surface area contributed by atoms with Crippen molar-refractivity contribution in [1.29, 1.82) is 0 Å². The largest absolute Gasteiger partial charge is 0.0808 e. The fourth-order valence-corrected chi connectivity index (χ4v) is 3.55. The van der Waals surface area contributed by atoms with Crippen LogP contribution >= 0.6 is 0 Å². The summed E-state index contributed by atoms with van der Waals surface area (Å²) in [4.78, 5) is 0. The van der Waals surface area contributed by atoms with Crippen LogP contribution in [-0.2, 0) is 0 Å². The first-order valence-electron chi connectivity index (χ1n) is 8.69. The van der Waals surface area contributed by atoms with E-state index in [4.69, 9.17) is 0 Å². The second-order valence-electron chi connectivity index (χ2n) is 6.50. The maximum absolute atomic E-state index is 2.45. The molecular weight excluding hydrogens is 264 g/mol. The first-order chi connectivity index (χ1) is 10.9. The van der Waals surface area contributed by atoms with E-state index in [-0.39, 0.29) is 0 Å². The van der Waals surface area contributed by atoms with Crippen molar-refractivity contribution in [1.82, 2.24) is 0 Å². The molecular formula is C22H26. The molecule has 0 amide bonds. The molecule has 0 N–H and O–H groups in total. The van der Waals surface area contributed by atoms with Crippen LogP contribution in [0.25, 0.3) is 17.2 Å². The van der Waals surface area contributed by atoms with Crippen LogP contribution in [0.5, 0.6) is 0 Å². The molecule has 1 fully saturated rings. The Bertz CT molecular complexity index is 601. The van der Waals surface area contributed by atoms with Gasteiger partial charge in [-0.2, -0.15) is 0 Å². The van der Waals surface area contributed by atoms with E-state index in [0.29, 0.717) is 0 Å². The first-order valence-corrected chi connectivity index (χ1v) is 8.69. The summed E-state index contributed by atoms with van der Waals surface area (Å²) in [5.41, 5.74) is 3.98. The minimum atomic E-state index is 0.770. The van der Waals surface area contributed by atoms with Crippen LogP contribution in [0.15, 0.2) is 60.7 Å². The molecule has 0 unspecified atom stereocenters. The molecule has 0 aliphatic heterocycles. The predicted molar refractivity (Wildman–Crippen MR) is 96.7 cm³/mol. The van der Waals surface area contributed by atoms with E-state index in [9.17, 15) is 0 Å². The lowest BCUT2D eigenvalue weighted by molar-refractivity contribution is 0.304. The first kappa shape index (κ1) is 15.1. The van der Waals surface area contributed by atoms with Gasteiger partial charge in [-0.15, -0.1) is 0 Å². The summed E-state index contributed by atoms with van der Waals surface area (Å²) < 4.78 is 0. The zero-order chi connectivity index (χ0) is 15.2. The van der Waals surface area contributed by atoms with Crippen molar-refractivity contribution >= 4 is 6.08 Å². The minimum Gasteiger partial charge on any atom is -0.0808 e. The highest BCUT2D eigenvalue weighted by molar-refractivity contribution is 5.75. The van der Waals surface area contributed by atoms with Crippen LogP contribution in [-0.4, -0.2) is 0 Å². The minimum absolute atomic E-state index is 0.770. The number of benzene rings is 2. The summed E-state index contributed by atoms with van der Waals surface area (Å²) in [5, 5.41) is 0. The van der Waals surface area contributed by atoms with E-state index in [2.05, 4.69) is 73.7 Å². The highest BCUT2D eigenvalue weighted by atomic mass is 14.2. The molecule has 0 nitrogen and oxygen atoms in total. The third-order valence-corrected chi connectivity index (χ3v) is 5.06. The predicted octanol–water partition coefficient (Wildman–Crippen LogP) is 6.58. The second kappa shape index (κ2) is 7.45. The molecule has 1 saturated carbocycles. The van der Waals surface area contributed by atoms with Gasteiger partial charge in [0.2, 0.25) is 0 Å². The van der Waals surface area contributed by atoms with Crippen LogP contribution < -0.4 is 0 Å². The number of hydrogen-bond acceptors (Lipinski definition) is 0. The molecule has 0 heteroatoms. The standard InChI is InChI=1S/C22H26/c1-2-18-12-14-19(15-13-18)16-17-21-10-6-7-11-22(21)20-8-4-3-5-9-20/h3-11,16-19H,2,12-15H2,1H3/t18-,19-. The molecule has 114 valence electrons. The van der Waals surface area contributed by atoms with Gasteiger partial charge in [-0.1, -0.05) is 80.1 Å². The SMILES string of the molecule is CC[C@H]1CC[C@H](C=Cc2ccccc2-c2ccccc2)CC1. The van der Waals surface area contributed by atoms with Gasteiger partial charge in [0.1, 0.15) is 0 Å². The van der Waals surface area contributed by atoms with Gasteiger partial charge in [-0.25, -0.2) is 0 Å². The number of hydrogen-bond donors (Lipinski definition) is 0. The van der Waals surface area contributed by atoms with Gasteiger partial charge < -0.3 is 0 Å². The molecule has 0 spiro atoms. The van der Waals surface area contributed by atoms with Crippen LogP contribution in [0.1, 0.15) is 44.6 Å². The normalized spacial score (nSPS) is 22.0. The third kappa shape index (κ3) is 3.68. The Balaban J connectivity index is 1.75. The Hall–Kier alpha value is -1.82.